The van der Waals surface area contributed by atoms with Gasteiger partial charge in [0.2, 0.25) is 12.3 Å². The third kappa shape index (κ3) is 4.45. The molecule has 144 valence electrons. The Morgan fingerprint density at radius 3 is 2.36 bits per heavy atom. The van der Waals surface area contributed by atoms with Gasteiger partial charge < -0.3 is 5.32 Å². The molecular weight excluding hydrogens is 374 g/mol. The summed E-state index contributed by atoms with van der Waals surface area (Å²) in [5.74, 6) is 0.675. The van der Waals surface area contributed by atoms with Crippen LogP contribution in [0.1, 0.15) is 32.3 Å². The van der Waals surface area contributed by atoms with Crippen LogP contribution in [-0.2, 0) is 9.59 Å². The summed E-state index contributed by atoms with van der Waals surface area (Å²) in [5.41, 5.74) is 2.67. The predicted molar refractivity (Wildman–Crippen MR) is 110 cm³/mol. The van der Waals surface area contributed by atoms with Crippen LogP contribution in [-0.4, -0.2) is 37.3 Å². The fraction of sp³-hybridized carbons (Fsp3) is 0.250. The number of carbonyl (C=O) groups excluding carboxylic acids is 2. The normalized spacial score (nSPS) is 12.0. The number of carbonyl (C=O) groups is 2. The Labute approximate surface area is 167 Å². The number of nitrogens with one attached hydrogen (secondary N) is 1. The lowest BCUT2D eigenvalue weighted by atomic mass is 10.0. The van der Waals surface area contributed by atoms with Crippen LogP contribution in [0.4, 0.5) is 5.69 Å². The molecule has 0 saturated carbocycles. The van der Waals surface area contributed by atoms with E-state index in [4.69, 9.17) is 0 Å². The number of benzene rings is 1. The average molecular weight is 395 g/mol. The van der Waals surface area contributed by atoms with Gasteiger partial charge in [-0.2, -0.15) is 0 Å². The Kier molecular flexibility index (Phi) is 6.20. The standard InChI is InChI=1S/C20H21N5O2S/c1-13(2)15-4-6-17(7-5-15)22-19(27)14(3)28-20-24-23-18(25(20)12-26)16-8-10-21-11-9-16/h4-14H,1-3H3,(H,22,27). The number of pyridine rings is 1. The van der Waals surface area contributed by atoms with E-state index in [1.54, 1.807) is 31.5 Å². The topological polar surface area (TPSA) is 89.8 Å². The van der Waals surface area contributed by atoms with E-state index >= 15 is 0 Å². The molecule has 3 aromatic rings. The zero-order valence-electron chi connectivity index (χ0n) is 15.9. The van der Waals surface area contributed by atoms with Crippen molar-refractivity contribution in [3.63, 3.8) is 0 Å². The van der Waals surface area contributed by atoms with Gasteiger partial charge in [-0.3, -0.25) is 14.6 Å². The molecule has 1 aromatic carbocycles. The summed E-state index contributed by atoms with van der Waals surface area (Å²) in [7, 11) is 0. The minimum Gasteiger partial charge on any atom is -0.325 e. The Morgan fingerprint density at radius 1 is 1.07 bits per heavy atom. The highest BCUT2D eigenvalue weighted by molar-refractivity contribution is 8.00. The van der Waals surface area contributed by atoms with Gasteiger partial charge in [0.15, 0.2) is 11.0 Å². The highest BCUT2D eigenvalue weighted by Gasteiger charge is 2.21. The van der Waals surface area contributed by atoms with Gasteiger partial charge in [-0.25, -0.2) is 4.57 Å². The Hall–Kier alpha value is -3.00. The zero-order valence-corrected chi connectivity index (χ0v) is 16.7. The van der Waals surface area contributed by atoms with Crippen molar-refractivity contribution in [1.29, 1.82) is 0 Å². The molecule has 0 bridgehead atoms. The number of rotatable bonds is 7. The summed E-state index contributed by atoms with van der Waals surface area (Å²) in [5, 5.41) is 10.9. The summed E-state index contributed by atoms with van der Waals surface area (Å²) < 4.78 is 1.33. The number of aromatic nitrogens is 4. The van der Waals surface area contributed by atoms with Crippen molar-refractivity contribution in [1.82, 2.24) is 19.7 Å². The van der Waals surface area contributed by atoms with Crippen LogP contribution in [0.2, 0.25) is 0 Å². The zero-order chi connectivity index (χ0) is 20.1. The van der Waals surface area contributed by atoms with Crippen molar-refractivity contribution < 1.29 is 9.59 Å². The maximum atomic E-state index is 12.5. The van der Waals surface area contributed by atoms with Gasteiger partial charge in [0.1, 0.15) is 0 Å². The van der Waals surface area contributed by atoms with Gasteiger partial charge in [-0.05, 0) is 42.7 Å². The van der Waals surface area contributed by atoms with Crippen molar-refractivity contribution >= 4 is 29.8 Å². The van der Waals surface area contributed by atoms with Crippen molar-refractivity contribution in [3.05, 3.63) is 54.4 Å². The molecule has 3 rings (SSSR count). The molecule has 0 aliphatic rings. The second kappa shape index (κ2) is 8.79. The first-order valence-corrected chi connectivity index (χ1v) is 9.75. The molecule has 28 heavy (non-hydrogen) atoms. The van der Waals surface area contributed by atoms with Gasteiger partial charge in [0.25, 0.3) is 0 Å². The molecule has 2 aromatic heterocycles. The number of thioether (sulfide) groups is 1. The molecule has 7 nitrogen and oxygen atoms in total. The molecule has 0 aliphatic heterocycles. The van der Waals surface area contributed by atoms with Crippen LogP contribution < -0.4 is 5.32 Å². The van der Waals surface area contributed by atoms with Gasteiger partial charge in [-0.15, -0.1) is 10.2 Å². The van der Waals surface area contributed by atoms with E-state index in [-0.39, 0.29) is 5.91 Å². The second-order valence-electron chi connectivity index (χ2n) is 6.54. The minimum absolute atomic E-state index is 0.173. The Morgan fingerprint density at radius 2 is 1.75 bits per heavy atom. The Balaban J connectivity index is 1.70. The number of hydrogen-bond acceptors (Lipinski definition) is 6. The fourth-order valence-corrected chi connectivity index (χ4v) is 3.37. The van der Waals surface area contributed by atoms with Gasteiger partial charge in [-0.1, -0.05) is 37.7 Å². The summed E-state index contributed by atoms with van der Waals surface area (Å²) in [6.45, 7) is 6.00. The van der Waals surface area contributed by atoms with Crippen LogP contribution in [0, 0.1) is 0 Å². The Bertz CT molecular complexity index is 954. The van der Waals surface area contributed by atoms with Crippen LogP contribution in [0.15, 0.2) is 53.9 Å². The molecule has 1 atom stereocenters. The number of amides is 1. The fourth-order valence-electron chi connectivity index (χ4n) is 2.56. The summed E-state index contributed by atoms with van der Waals surface area (Å²) in [4.78, 5) is 28.0. The maximum Gasteiger partial charge on any atom is 0.237 e. The second-order valence-corrected chi connectivity index (χ2v) is 7.85. The number of anilines is 1. The van der Waals surface area contributed by atoms with E-state index in [0.717, 1.165) is 11.3 Å². The molecule has 0 radical (unpaired) electrons. The lowest BCUT2D eigenvalue weighted by Gasteiger charge is -2.12. The molecule has 0 fully saturated rings. The molecule has 1 N–H and O–H groups in total. The van der Waals surface area contributed by atoms with Crippen molar-refractivity contribution in [2.45, 2.75) is 37.1 Å². The SMILES string of the molecule is CC(Sc1nnc(-c2ccncc2)n1C=O)C(=O)Nc1ccc(C(C)C)cc1. The lowest BCUT2D eigenvalue weighted by molar-refractivity contribution is -0.115. The highest BCUT2D eigenvalue weighted by atomic mass is 32.2. The van der Waals surface area contributed by atoms with E-state index in [0.29, 0.717) is 23.3 Å². The minimum atomic E-state index is -0.460. The first kappa shape index (κ1) is 19.8. The third-order valence-corrected chi connectivity index (χ3v) is 5.26. The van der Waals surface area contributed by atoms with Gasteiger partial charge in [0, 0.05) is 23.6 Å². The van der Waals surface area contributed by atoms with Crippen LogP contribution >= 0.6 is 11.8 Å². The molecular formula is C20H21N5O2S. The van der Waals surface area contributed by atoms with E-state index in [1.165, 1.54) is 21.9 Å². The smallest absolute Gasteiger partial charge is 0.237 e. The highest BCUT2D eigenvalue weighted by Crippen LogP contribution is 2.26. The maximum absolute atomic E-state index is 12.5. The van der Waals surface area contributed by atoms with Gasteiger partial charge >= 0.3 is 0 Å². The largest absolute Gasteiger partial charge is 0.325 e. The van der Waals surface area contributed by atoms with Crippen LogP contribution in [0.5, 0.6) is 0 Å². The molecule has 0 aliphatic carbocycles. The quantitative estimate of drug-likeness (QED) is 0.485. The first-order valence-electron chi connectivity index (χ1n) is 8.87. The van der Waals surface area contributed by atoms with Crippen LogP contribution in [0.25, 0.3) is 11.4 Å². The monoisotopic (exact) mass is 395 g/mol. The van der Waals surface area contributed by atoms with E-state index < -0.39 is 5.25 Å². The third-order valence-electron chi connectivity index (χ3n) is 4.20. The molecule has 1 unspecified atom stereocenters. The van der Waals surface area contributed by atoms with E-state index in [1.807, 2.05) is 24.3 Å². The summed E-state index contributed by atoms with van der Waals surface area (Å²) >= 11 is 1.18. The van der Waals surface area contributed by atoms with E-state index in [9.17, 15) is 9.59 Å². The lowest BCUT2D eigenvalue weighted by Crippen LogP contribution is -2.23. The molecule has 0 spiro atoms. The van der Waals surface area contributed by atoms with E-state index in [2.05, 4.69) is 34.3 Å². The summed E-state index contributed by atoms with van der Waals surface area (Å²) in [6.07, 6.45) is 3.88. The molecule has 8 heteroatoms. The molecule has 1 amide bonds. The molecule has 2 heterocycles. The molecule has 0 saturated heterocycles. The number of nitrogens with zero attached hydrogens (tertiary/aromatic N) is 4. The van der Waals surface area contributed by atoms with Gasteiger partial charge in [0.05, 0.1) is 5.25 Å². The van der Waals surface area contributed by atoms with Crippen molar-refractivity contribution in [3.8, 4) is 11.4 Å². The van der Waals surface area contributed by atoms with Crippen molar-refractivity contribution in [2.24, 2.45) is 0 Å². The average Bonchev–Trinajstić information content (AvgIpc) is 3.11. The predicted octanol–water partition coefficient (Wildman–Crippen LogP) is 3.62. The van der Waals surface area contributed by atoms with Crippen molar-refractivity contribution in [2.75, 3.05) is 5.32 Å². The summed E-state index contributed by atoms with van der Waals surface area (Å²) in [6, 6.07) is 11.3. The first-order chi connectivity index (χ1) is 13.5. The number of hydrogen-bond donors (Lipinski definition) is 1. The van der Waals surface area contributed by atoms with Crippen LogP contribution in [0.3, 0.4) is 0 Å².